The molecule has 4 aliphatic rings. The summed E-state index contributed by atoms with van der Waals surface area (Å²) in [4.78, 5) is 90.6. The fourth-order valence-corrected chi connectivity index (χ4v) is 9.52. The molecule has 2 unspecified atom stereocenters. The fourth-order valence-electron chi connectivity index (χ4n) is 9.52. The monoisotopic (exact) mass is 1080 g/mol. The number of primary amides is 1. The Hall–Kier alpha value is -8.54. The highest BCUT2D eigenvalue weighted by atomic mass is 16.5. The molecule has 0 bridgehead atoms. The number of nitrogens with one attached hydrogen (secondary N) is 3. The number of rotatable bonds is 20. The number of benzene rings is 5. The predicted molar refractivity (Wildman–Crippen MR) is 307 cm³/mol. The number of amides is 6. The van der Waals surface area contributed by atoms with Gasteiger partial charge in [-0.15, -0.1) is 0 Å². The second kappa shape index (κ2) is 27.7. The third-order valence-electron chi connectivity index (χ3n) is 13.4. The third kappa shape index (κ3) is 14.5. The van der Waals surface area contributed by atoms with Gasteiger partial charge in [0.1, 0.15) is 19.3 Å². The molecule has 5 aromatic carbocycles. The van der Waals surface area contributed by atoms with Crippen LogP contribution < -0.4 is 50.4 Å². The van der Waals surface area contributed by atoms with Crippen LogP contribution in [0.5, 0.6) is 23.0 Å². The van der Waals surface area contributed by atoms with E-state index in [9.17, 15) is 28.8 Å². The van der Waals surface area contributed by atoms with E-state index in [4.69, 9.17) is 34.7 Å². The van der Waals surface area contributed by atoms with Gasteiger partial charge in [0, 0.05) is 67.3 Å². The summed E-state index contributed by atoms with van der Waals surface area (Å²) in [7, 11) is 2.98. The van der Waals surface area contributed by atoms with Crippen molar-refractivity contribution in [3.05, 3.63) is 124 Å². The average Bonchev–Trinajstić information content (AvgIpc) is 4.17. The van der Waals surface area contributed by atoms with Gasteiger partial charge in [0.2, 0.25) is 23.6 Å². The number of anilines is 3. The van der Waals surface area contributed by atoms with Crippen molar-refractivity contribution >= 4 is 76.3 Å². The van der Waals surface area contributed by atoms with E-state index in [1.165, 1.54) is 46.8 Å². The molecule has 5 aromatic rings. The number of nitrogens with zero attached hydrogens (tertiary/aromatic N) is 4. The highest BCUT2D eigenvalue weighted by Gasteiger charge is 2.38. The van der Waals surface area contributed by atoms with Gasteiger partial charge in [-0.3, -0.25) is 48.6 Å². The van der Waals surface area contributed by atoms with E-state index < -0.39 is 23.8 Å². The Kier molecular flexibility index (Phi) is 20.4. The van der Waals surface area contributed by atoms with Crippen LogP contribution in [-0.2, 0) is 45.2 Å². The summed E-state index contributed by atoms with van der Waals surface area (Å²) >= 11 is 0. The first kappa shape index (κ1) is 58.1. The Labute approximate surface area is 462 Å². The molecule has 0 fully saturated rings. The lowest BCUT2D eigenvalue weighted by atomic mass is 10.1. The molecule has 6 amide bonds. The number of aliphatic imine (C=N–C) groups is 2. The smallest absolute Gasteiger partial charge is 0.261 e. The molecule has 4 heterocycles. The van der Waals surface area contributed by atoms with Crippen LogP contribution in [0.2, 0.25) is 0 Å². The van der Waals surface area contributed by atoms with Crippen LogP contribution >= 0.6 is 0 Å². The van der Waals surface area contributed by atoms with Crippen molar-refractivity contribution in [3.63, 3.8) is 0 Å². The number of carbonyl (C=O) groups is 6. The Morgan fingerprint density at radius 3 is 1.58 bits per heavy atom. The van der Waals surface area contributed by atoms with Gasteiger partial charge in [0.05, 0.1) is 55.3 Å². The zero-order chi connectivity index (χ0) is 56.6. The third-order valence-corrected chi connectivity index (χ3v) is 13.4. The van der Waals surface area contributed by atoms with E-state index in [1.54, 1.807) is 58.6 Å². The van der Waals surface area contributed by atoms with Gasteiger partial charge in [-0.1, -0.05) is 89.8 Å². The Morgan fingerprint density at radius 1 is 0.646 bits per heavy atom. The molecular formula is C61H72N8O10. The Balaban J connectivity index is 0.00000106. The summed E-state index contributed by atoms with van der Waals surface area (Å²) in [5.41, 5.74) is 12.1. The predicted octanol–water partition coefficient (Wildman–Crippen LogP) is 9.65. The van der Waals surface area contributed by atoms with Gasteiger partial charge < -0.3 is 40.6 Å². The molecule has 0 spiro atoms. The van der Waals surface area contributed by atoms with Gasteiger partial charge in [0.25, 0.3) is 11.8 Å². The Morgan fingerprint density at radius 2 is 1.13 bits per heavy atom. The van der Waals surface area contributed by atoms with Crippen molar-refractivity contribution in [1.29, 1.82) is 0 Å². The second-order valence-electron chi connectivity index (χ2n) is 19.7. The molecule has 0 aliphatic carbocycles. The number of nitrogens with two attached hydrogens (primary N) is 1. The number of methoxy groups -OCH3 is 2. The molecule has 0 radical (unpaired) electrons. The zero-order valence-corrected chi connectivity index (χ0v) is 46.2. The molecule has 0 saturated carbocycles. The van der Waals surface area contributed by atoms with E-state index in [0.29, 0.717) is 88.0 Å². The first-order chi connectivity index (χ1) is 38.2. The minimum absolute atomic E-state index is 0.0278. The number of unbranched alkanes of at least 4 members (excludes halogenated alkanes) is 3. The van der Waals surface area contributed by atoms with Crippen molar-refractivity contribution < 1.29 is 47.7 Å². The summed E-state index contributed by atoms with van der Waals surface area (Å²) in [6, 6.07) is 26.0. The van der Waals surface area contributed by atoms with E-state index in [-0.39, 0.29) is 62.4 Å². The van der Waals surface area contributed by atoms with Crippen molar-refractivity contribution in [2.24, 2.45) is 15.7 Å². The SMILES string of the molecule is CCC.CCCCC.COc1cc2c(cc1OCc1cc(COc3cc4c(cc3OC)C(=O)N3c5ccccc5C[C@H]3C=N4)cc(NC(=O)C(C)NC(=O)CNC(=O)CCCCC(N)=O)c1)N=CC1Cc3ccccc3N1C2=O. The molecule has 18 nitrogen and oxygen atoms in total. The van der Waals surface area contributed by atoms with Crippen LogP contribution in [0.4, 0.5) is 28.4 Å². The summed E-state index contributed by atoms with van der Waals surface area (Å²) in [6.45, 7) is 9.78. The van der Waals surface area contributed by atoms with Crippen LogP contribution in [0.15, 0.2) is 101 Å². The van der Waals surface area contributed by atoms with Gasteiger partial charge >= 0.3 is 0 Å². The van der Waals surface area contributed by atoms with Crippen LogP contribution in [0.25, 0.3) is 0 Å². The highest BCUT2D eigenvalue weighted by Crippen LogP contribution is 2.43. The molecule has 3 atom stereocenters. The van der Waals surface area contributed by atoms with Gasteiger partial charge in [0.15, 0.2) is 23.0 Å². The second-order valence-corrected chi connectivity index (χ2v) is 19.7. The molecule has 9 rings (SSSR count). The molecule has 416 valence electrons. The number of ether oxygens (including phenoxy) is 4. The maximum absolute atomic E-state index is 14.0. The zero-order valence-electron chi connectivity index (χ0n) is 46.2. The highest BCUT2D eigenvalue weighted by molar-refractivity contribution is 6.16. The normalized spacial score (nSPS) is 15.3. The first-order valence-corrected chi connectivity index (χ1v) is 27.1. The number of para-hydroxylation sites is 2. The summed E-state index contributed by atoms with van der Waals surface area (Å²) in [5, 5.41) is 8.00. The van der Waals surface area contributed by atoms with Crippen molar-refractivity contribution in [2.75, 3.05) is 35.9 Å². The number of hydrogen-bond acceptors (Lipinski definition) is 12. The van der Waals surface area contributed by atoms with Crippen molar-refractivity contribution in [2.45, 2.75) is 130 Å². The van der Waals surface area contributed by atoms with E-state index in [1.807, 2.05) is 54.6 Å². The fraction of sp³-hybridized carbons (Fsp3) is 0.377. The summed E-state index contributed by atoms with van der Waals surface area (Å²) in [5.74, 6) is -1.06. The molecule has 4 aliphatic heterocycles. The molecular weight excluding hydrogens is 1000 g/mol. The lowest BCUT2D eigenvalue weighted by molar-refractivity contribution is -0.128. The maximum atomic E-state index is 14.0. The molecule has 18 heteroatoms. The lowest BCUT2D eigenvalue weighted by Crippen LogP contribution is -2.45. The van der Waals surface area contributed by atoms with Gasteiger partial charge in [-0.25, -0.2) is 0 Å². The molecule has 0 saturated heterocycles. The molecule has 0 aromatic heterocycles. The van der Waals surface area contributed by atoms with E-state index in [0.717, 1.165) is 22.5 Å². The lowest BCUT2D eigenvalue weighted by Gasteiger charge is -2.22. The molecule has 5 N–H and O–H groups in total. The standard InChI is InChI=1S/C53H52N8O10.C5H12.C3H8/c1-30(58-50(64)27-57-49(63)15-9-8-14-48(54)62)51(65)59-35-17-31(28-70-46-23-40-38(21-44(46)68-2)52(66)60-36(25-55-40)19-33-10-4-6-12-42(33)60)16-32(18-35)29-71-47-24-41-39(22-45(47)69-3)53(67)61-37(26-56-41)20-34-11-5-7-13-43(34)61;1-3-5-4-2;1-3-2/h4-7,10-13,16-18,21-26,30,36-37H,8-9,14-15,19-20,27-29H2,1-3H3,(H2,54,62)(H,57,63)(H,58,64)(H,59,65);3-5H2,1-2H3;3H2,1-2H3/t30?,36-,37?;;/m0../s1. The van der Waals surface area contributed by atoms with Crippen LogP contribution in [0, 0.1) is 0 Å². The number of hydrogen-bond donors (Lipinski definition) is 4. The average molecular weight is 1080 g/mol. The van der Waals surface area contributed by atoms with Crippen LogP contribution in [0.3, 0.4) is 0 Å². The minimum Gasteiger partial charge on any atom is -0.493 e. The van der Waals surface area contributed by atoms with Crippen LogP contribution in [0.1, 0.15) is 129 Å². The Bertz CT molecular complexity index is 2940. The van der Waals surface area contributed by atoms with E-state index >= 15 is 0 Å². The number of fused-ring (bicyclic) bond motifs is 8. The summed E-state index contributed by atoms with van der Waals surface area (Å²) in [6.07, 6.45) is 11.3. The van der Waals surface area contributed by atoms with Gasteiger partial charge in [-0.2, -0.15) is 0 Å². The van der Waals surface area contributed by atoms with Crippen molar-refractivity contribution in [1.82, 2.24) is 10.6 Å². The largest absolute Gasteiger partial charge is 0.493 e. The van der Waals surface area contributed by atoms with Crippen LogP contribution in [-0.4, -0.2) is 86.8 Å². The number of carbonyl (C=O) groups excluding carboxylic acids is 6. The first-order valence-electron chi connectivity index (χ1n) is 27.1. The quantitative estimate of drug-likeness (QED) is 0.0539. The van der Waals surface area contributed by atoms with Crippen molar-refractivity contribution in [3.8, 4) is 23.0 Å². The molecule has 79 heavy (non-hydrogen) atoms. The topological polar surface area (TPSA) is 233 Å². The minimum atomic E-state index is -1.01. The van der Waals surface area contributed by atoms with E-state index in [2.05, 4.69) is 43.6 Å². The maximum Gasteiger partial charge on any atom is 0.261 e. The van der Waals surface area contributed by atoms with Gasteiger partial charge in [-0.05, 0) is 84.5 Å². The summed E-state index contributed by atoms with van der Waals surface area (Å²) < 4.78 is 24.3.